The standard InChI is InChI=1S/C16H19FN4O3S/c1-9-8-18-13(25-9)16(2,3)21-14(22)19-10-5-6-11(17)12(7-10)20-15(23)24-4/h5-8H,1-4H3,(H,20,23)(H2,19,21,22). The number of aromatic nitrogens is 1. The number of hydrogen-bond acceptors (Lipinski definition) is 5. The normalized spacial score (nSPS) is 10.9. The SMILES string of the molecule is COC(=O)Nc1cc(NC(=O)NC(C)(C)c2ncc(C)s2)ccc1F. The topological polar surface area (TPSA) is 92.4 Å². The number of anilines is 2. The second-order valence-corrected chi connectivity index (χ2v) is 7.03. The highest BCUT2D eigenvalue weighted by atomic mass is 32.1. The highest BCUT2D eigenvalue weighted by Crippen LogP contribution is 2.25. The Morgan fingerprint density at radius 2 is 2.00 bits per heavy atom. The summed E-state index contributed by atoms with van der Waals surface area (Å²) in [7, 11) is 1.17. The van der Waals surface area contributed by atoms with Crippen molar-refractivity contribution in [2.75, 3.05) is 17.7 Å². The third-order valence-electron chi connectivity index (χ3n) is 3.23. The summed E-state index contributed by atoms with van der Waals surface area (Å²) in [5.74, 6) is -0.644. The summed E-state index contributed by atoms with van der Waals surface area (Å²) in [6.07, 6.45) is 0.937. The second kappa shape index (κ2) is 7.47. The Labute approximate surface area is 148 Å². The minimum Gasteiger partial charge on any atom is -0.453 e. The van der Waals surface area contributed by atoms with Crippen molar-refractivity contribution in [3.63, 3.8) is 0 Å². The number of ether oxygens (including phenoxy) is 1. The summed E-state index contributed by atoms with van der Waals surface area (Å²) >= 11 is 1.49. The third kappa shape index (κ3) is 4.90. The van der Waals surface area contributed by atoms with Gasteiger partial charge < -0.3 is 15.4 Å². The number of rotatable bonds is 4. The predicted octanol–water partition coefficient (Wildman–Crippen LogP) is 3.83. The summed E-state index contributed by atoms with van der Waals surface area (Å²) in [6.45, 7) is 5.60. The number of benzene rings is 1. The van der Waals surface area contributed by atoms with E-state index in [0.717, 1.165) is 16.0 Å². The molecule has 0 atom stereocenters. The molecule has 0 aliphatic rings. The average molecular weight is 366 g/mol. The molecule has 0 spiro atoms. The van der Waals surface area contributed by atoms with E-state index < -0.39 is 23.5 Å². The summed E-state index contributed by atoms with van der Waals surface area (Å²) in [5, 5.41) is 8.42. The summed E-state index contributed by atoms with van der Waals surface area (Å²) in [5.41, 5.74) is -0.452. The van der Waals surface area contributed by atoms with Gasteiger partial charge >= 0.3 is 12.1 Å². The number of nitrogens with one attached hydrogen (secondary N) is 3. The minimum absolute atomic E-state index is 0.0977. The Hall–Kier alpha value is -2.68. The fraction of sp³-hybridized carbons (Fsp3) is 0.312. The molecule has 134 valence electrons. The van der Waals surface area contributed by atoms with Crippen LogP contribution in [0.15, 0.2) is 24.4 Å². The fourth-order valence-corrected chi connectivity index (χ4v) is 2.83. The molecular formula is C16H19FN4O3S. The molecule has 2 aromatic rings. The summed E-state index contributed by atoms with van der Waals surface area (Å²) < 4.78 is 18.1. The largest absolute Gasteiger partial charge is 0.453 e. The van der Waals surface area contributed by atoms with Gasteiger partial charge in [-0.3, -0.25) is 5.32 Å². The van der Waals surface area contributed by atoms with E-state index in [-0.39, 0.29) is 5.69 Å². The van der Waals surface area contributed by atoms with Crippen LogP contribution in [0, 0.1) is 12.7 Å². The Balaban J connectivity index is 2.07. The fourth-order valence-electron chi connectivity index (χ4n) is 2.00. The van der Waals surface area contributed by atoms with Gasteiger partial charge in [-0.15, -0.1) is 11.3 Å². The molecule has 1 heterocycles. The van der Waals surface area contributed by atoms with Crippen molar-refractivity contribution in [3.05, 3.63) is 40.1 Å². The van der Waals surface area contributed by atoms with Crippen molar-refractivity contribution in [1.82, 2.24) is 10.3 Å². The number of halogens is 1. The van der Waals surface area contributed by atoms with Crippen LogP contribution < -0.4 is 16.0 Å². The monoisotopic (exact) mass is 366 g/mol. The van der Waals surface area contributed by atoms with Gasteiger partial charge in [0.25, 0.3) is 0 Å². The Morgan fingerprint density at radius 1 is 1.28 bits per heavy atom. The van der Waals surface area contributed by atoms with Gasteiger partial charge in [-0.2, -0.15) is 0 Å². The maximum atomic E-state index is 13.7. The molecule has 0 fully saturated rings. The zero-order valence-electron chi connectivity index (χ0n) is 14.3. The first-order valence-corrected chi connectivity index (χ1v) is 8.19. The molecule has 9 heteroatoms. The van der Waals surface area contributed by atoms with E-state index in [1.165, 1.54) is 30.6 Å². The van der Waals surface area contributed by atoms with Gasteiger partial charge in [-0.25, -0.2) is 19.0 Å². The summed E-state index contributed by atoms with van der Waals surface area (Å²) in [4.78, 5) is 28.8. The number of carbonyl (C=O) groups is 2. The highest BCUT2D eigenvalue weighted by molar-refractivity contribution is 7.11. The van der Waals surface area contributed by atoms with Gasteiger partial charge in [0.2, 0.25) is 0 Å². The smallest absolute Gasteiger partial charge is 0.411 e. The molecule has 1 aromatic carbocycles. The van der Waals surface area contributed by atoms with Crippen LogP contribution in [0.2, 0.25) is 0 Å². The van der Waals surface area contributed by atoms with Crippen LogP contribution in [-0.4, -0.2) is 24.2 Å². The Morgan fingerprint density at radius 3 is 2.60 bits per heavy atom. The first-order chi connectivity index (χ1) is 11.7. The summed E-state index contributed by atoms with van der Waals surface area (Å²) in [6, 6.07) is 3.34. The molecule has 3 N–H and O–H groups in total. The van der Waals surface area contributed by atoms with Gasteiger partial charge in [0.05, 0.1) is 18.3 Å². The van der Waals surface area contributed by atoms with Crippen LogP contribution in [0.4, 0.5) is 25.4 Å². The zero-order valence-corrected chi connectivity index (χ0v) is 15.1. The van der Waals surface area contributed by atoms with Crippen LogP contribution in [0.1, 0.15) is 23.7 Å². The highest BCUT2D eigenvalue weighted by Gasteiger charge is 2.26. The number of nitrogens with zero attached hydrogens (tertiary/aromatic N) is 1. The van der Waals surface area contributed by atoms with Gasteiger partial charge in [0, 0.05) is 16.8 Å². The number of amides is 3. The van der Waals surface area contributed by atoms with Crippen molar-refractivity contribution in [2.45, 2.75) is 26.3 Å². The molecule has 0 aliphatic carbocycles. The molecule has 0 radical (unpaired) electrons. The molecule has 0 saturated carbocycles. The zero-order chi connectivity index (χ0) is 18.6. The van der Waals surface area contributed by atoms with Gasteiger partial charge in [0.1, 0.15) is 10.8 Å². The van der Waals surface area contributed by atoms with E-state index in [9.17, 15) is 14.0 Å². The molecule has 0 saturated heterocycles. The predicted molar refractivity (Wildman–Crippen MR) is 94.5 cm³/mol. The van der Waals surface area contributed by atoms with E-state index in [0.29, 0.717) is 5.69 Å². The van der Waals surface area contributed by atoms with Crippen molar-refractivity contribution < 1.29 is 18.7 Å². The lowest BCUT2D eigenvalue weighted by Crippen LogP contribution is -2.43. The molecule has 0 aliphatic heterocycles. The van der Waals surface area contributed by atoms with E-state index in [2.05, 4.69) is 25.7 Å². The molecule has 0 bridgehead atoms. The molecular weight excluding hydrogens is 347 g/mol. The molecule has 3 amide bonds. The van der Waals surface area contributed by atoms with Crippen LogP contribution in [-0.2, 0) is 10.3 Å². The van der Waals surface area contributed by atoms with Gasteiger partial charge in [0.15, 0.2) is 0 Å². The Kier molecular flexibility index (Phi) is 5.58. The number of thiazole rings is 1. The molecule has 2 rings (SSSR count). The Bertz CT molecular complexity index is 791. The lowest BCUT2D eigenvalue weighted by molar-refractivity contribution is 0.187. The van der Waals surface area contributed by atoms with Crippen LogP contribution in [0.5, 0.6) is 0 Å². The molecule has 7 nitrogen and oxygen atoms in total. The van der Waals surface area contributed by atoms with Crippen molar-refractivity contribution >= 4 is 34.8 Å². The number of methoxy groups -OCH3 is 1. The average Bonchev–Trinajstić information content (AvgIpc) is 2.97. The van der Waals surface area contributed by atoms with Crippen LogP contribution in [0.3, 0.4) is 0 Å². The number of carbonyl (C=O) groups excluding carboxylic acids is 2. The number of urea groups is 1. The van der Waals surface area contributed by atoms with E-state index in [1.807, 2.05) is 20.8 Å². The quantitative estimate of drug-likeness (QED) is 0.767. The lowest BCUT2D eigenvalue weighted by Gasteiger charge is -2.24. The van der Waals surface area contributed by atoms with Crippen LogP contribution in [0.25, 0.3) is 0 Å². The van der Waals surface area contributed by atoms with Gasteiger partial charge in [-0.1, -0.05) is 0 Å². The van der Waals surface area contributed by atoms with Crippen molar-refractivity contribution in [2.24, 2.45) is 0 Å². The molecule has 0 unspecified atom stereocenters. The third-order valence-corrected chi connectivity index (χ3v) is 4.46. The van der Waals surface area contributed by atoms with E-state index in [4.69, 9.17) is 0 Å². The van der Waals surface area contributed by atoms with Gasteiger partial charge in [-0.05, 0) is 39.0 Å². The number of aryl methyl sites for hydroxylation is 1. The van der Waals surface area contributed by atoms with Crippen LogP contribution >= 0.6 is 11.3 Å². The lowest BCUT2D eigenvalue weighted by atomic mass is 10.1. The first kappa shape index (κ1) is 18.7. The molecule has 1 aromatic heterocycles. The molecule has 25 heavy (non-hydrogen) atoms. The second-order valence-electron chi connectivity index (χ2n) is 5.79. The minimum atomic E-state index is -0.805. The maximum Gasteiger partial charge on any atom is 0.411 e. The maximum absolute atomic E-state index is 13.7. The first-order valence-electron chi connectivity index (χ1n) is 7.38. The van der Waals surface area contributed by atoms with Crippen molar-refractivity contribution in [1.29, 1.82) is 0 Å². The van der Waals surface area contributed by atoms with Crippen molar-refractivity contribution in [3.8, 4) is 0 Å². The van der Waals surface area contributed by atoms with E-state index >= 15 is 0 Å². The number of hydrogen-bond donors (Lipinski definition) is 3. The van der Waals surface area contributed by atoms with E-state index in [1.54, 1.807) is 6.20 Å².